The monoisotopic (exact) mass is 313 g/mol. The third-order valence-electron chi connectivity index (χ3n) is 3.76. The molecule has 0 amide bonds. The summed E-state index contributed by atoms with van der Waals surface area (Å²) >= 11 is 0. The summed E-state index contributed by atoms with van der Waals surface area (Å²) in [6.07, 6.45) is 0. The molecule has 0 bridgehead atoms. The molecule has 1 aromatic carbocycles. The highest BCUT2D eigenvalue weighted by molar-refractivity contribution is 7.89. The molecule has 120 valence electrons. The van der Waals surface area contributed by atoms with Crippen LogP contribution in [0.3, 0.4) is 0 Å². The summed E-state index contributed by atoms with van der Waals surface area (Å²) in [6, 6.07) is 7.70. The lowest BCUT2D eigenvalue weighted by molar-refractivity contribution is 0.295. The van der Waals surface area contributed by atoms with Crippen molar-refractivity contribution in [3.05, 3.63) is 29.8 Å². The zero-order chi connectivity index (χ0) is 16.2. The van der Waals surface area contributed by atoms with E-state index in [1.165, 1.54) is 18.4 Å². The molecule has 5 nitrogen and oxygen atoms in total. The normalized spacial score (nSPS) is 15.4. The van der Waals surface area contributed by atoms with Crippen molar-refractivity contribution in [2.24, 2.45) is 0 Å². The first-order chi connectivity index (χ1) is 9.66. The lowest BCUT2D eigenvalue weighted by Crippen LogP contribution is -2.36. The zero-order valence-electron chi connectivity index (χ0n) is 13.8. The van der Waals surface area contributed by atoms with Crippen molar-refractivity contribution in [1.29, 1.82) is 0 Å². The molecule has 2 unspecified atom stereocenters. The Labute approximate surface area is 129 Å². The number of likely N-dealkylation sites (N-methyl/N-ethyl adjacent to an activating group) is 1. The van der Waals surface area contributed by atoms with Crippen molar-refractivity contribution < 1.29 is 8.42 Å². The standard InChI is InChI=1S/C15H27N3O2S/c1-12(17(3)4)11-16-13(2)14-7-9-15(10-8-14)21(19,20)18(5)6/h7-10,12-13,16H,11H2,1-6H3. The van der Waals surface area contributed by atoms with E-state index in [1.807, 2.05) is 12.1 Å². The van der Waals surface area contributed by atoms with Crippen molar-refractivity contribution >= 4 is 10.0 Å². The Morgan fingerprint density at radius 1 is 1.05 bits per heavy atom. The maximum absolute atomic E-state index is 12.0. The second kappa shape index (κ2) is 7.35. The van der Waals surface area contributed by atoms with Gasteiger partial charge in [0.25, 0.3) is 0 Å². The highest BCUT2D eigenvalue weighted by Crippen LogP contribution is 2.18. The largest absolute Gasteiger partial charge is 0.309 e. The lowest BCUT2D eigenvalue weighted by Gasteiger charge is -2.23. The number of nitrogens with one attached hydrogen (secondary N) is 1. The van der Waals surface area contributed by atoms with Gasteiger partial charge in [-0.1, -0.05) is 12.1 Å². The van der Waals surface area contributed by atoms with Gasteiger partial charge in [0.2, 0.25) is 10.0 Å². The molecule has 0 aromatic heterocycles. The van der Waals surface area contributed by atoms with E-state index in [1.54, 1.807) is 12.1 Å². The molecular formula is C15H27N3O2S. The Kier molecular flexibility index (Phi) is 6.34. The minimum atomic E-state index is -3.35. The summed E-state index contributed by atoms with van der Waals surface area (Å²) in [6.45, 7) is 5.12. The van der Waals surface area contributed by atoms with Crippen molar-refractivity contribution in [3.8, 4) is 0 Å². The number of rotatable bonds is 7. The van der Waals surface area contributed by atoms with Gasteiger partial charge in [-0.25, -0.2) is 12.7 Å². The van der Waals surface area contributed by atoms with Gasteiger partial charge in [-0.05, 0) is 45.6 Å². The second-order valence-electron chi connectivity index (χ2n) is 5.80. The molecule has 0 radical (unpaired) electrons. The van der Waals surface area contributed by atoms with Crippen LogP contribution in [0.25, 0.3) is 0 Å². The second-order valence-corrected chi connectivity index (χ2v) is 7.95. The van der Waals surface area contributed by atoms with E-state index in [2.05, 4.69) is 38.2 Å². The van der Waals surface area contributed by atoms with Gasteiger partial charge in [0.1, 0.15) is 0 Å². The van der Waals surface area contributed by atoms with Gasteiger partial charge in [-0.2, -0.15) is 0 Å². The summed E-state index contributed by atoms with van der Waals surface area (Å²) in [5.74, 6) is 0. The zero-order valence-corrected chi connectivity index (χ0v) is 14.6. The molecule has 6 heteroatoms. The molecular weight excluding hydrogens is 286 g/mol. The van der Waals surface area contributed by atoms with E-state index in [-0.39, 0.29) is 6.04 Å². The Morgan fingerprint density at radius 3 is 2.00 bits per heavy atom. The maximum Gasteiger partial charge on any atom is 0.242 e. The third-order valence-corrected chi connectivity index (χ3v) is 5.59. The van der Waals surface area contributed by atoms with E-state index < -0.39 is 10.0 Å². The van der Waals surface area contributed by atoms with Crippen LogP contribution in [-0.2, 0) is 10.0 Å². The summed E-state index contributed by atoms with van der Waals surface area (Å²) < 4.78 is 25.2. The summed E-state index contributed by atoms with van der Waals surface area (Å²) in [5.41, 5.74) is 1.08. The van der Waals surface area contributed by atoms with Gasteiger partial charge in [-0.3, -0.25) is 0 Å². The van der Waals surface area contributed by atoms with Gasteiger partial charge in [0.05, 0.1) is 4.90 Å². The minimum Gasteiger partial charge on any atom is -0.309 e. The molecule has 0 aliphatic heterocycles. The van der Waals surface area contributed by atoms with Crippen LogP contribution in [0.1, 0.15) is 25.5 Å². The van der Waals surface area contributed by atoms with Crippen LogP contribution in [0.15, 0.2) is 29.2 Å². The van der Waals surface area contributed by atoms with Crippen molar-refractivity contribution in [3.63, 3.8) is 0 Å². The molecule has 1 aromatic rings. The van der Waals surface area contributed by atoms with Crippen LogP contribution in [-0.4, -0.2) is 58.4 Å². The highest BCUT2D eigenvalue weighted by atomic mass is 32.2. The predicted octanol–water partition coefficient (Wildman–Crippen LogP) is 1.54. The van der Waals surface area contributed by atoms with Crippen molar-refractivity contribution in [2.75, 3.05) is 34.7 Å². The van der Waals surface area contributed by atoms with Crippen molar-refractivity contribution in [2.45, 2.75) is 30.8 Å². The van der Waals surface area contributed by atoms with Crippen LogP contribution in [0, 0.1) is 0 Å². The Morgan fingerprint density at radius 2 is 1.57 bits per heavy atom. The molecule has 2 atom stereocenters. The van der Waals surface area contributed by atoms with Crippen LogP contribution in [0.5, 0.6) is 0 Å². The Hall–Kier alpha value is -0.950. The fraction of sp³-hybridized carbons (Fsp3) is 0.600. The van der Waals surface area contributed by atoms with E-state index in [0.29, 0.717) is 10.9 Å². The predicted molar refractivity (Wildman–Crippen MR) is 86.9 cm³/mol. The SMILES string of the molecule is CC(NCC(C)N(C)C)c1ccc(S(=O)(=O)N(C)C)cc1. The topological polar surface area (TPSA) is 52.7 Å². The van der Waals surface area contributed by atoms with Crippen molar-refractivity contribution in [1.82, 2.24) is 14.5 Å². The Bertz CT molecular complexity index is 539. The number of sulfonamides is 1. The quantitative estimate of drug-likeness (QED) is 0.829. The summed E-state index contributed by atoms with van der Waals surface area (Å²) in [7, 11) is 3.83. The van der Waals surface area contributed by atoms with Crippen LogP contribution >= 0.6 is 0 Å². The molecule has 1 N–H and O–H groups in total. The highest BCUT2D eigenvalue weighted by Gasteiger charge is 2.17. The van der Waals surface area contributed by atoms with Gasteiger partial charge < -0.3 is 10.2 Å². The number of benzene rings is 1. The first-order valence-electron chi connectivity index (χ1n) is 7.08. The molecule has 0 aliphatic carbocycles. The van der Waals surface area contributed by atoms with Crippen LogP contribution in [0.2, 0.25) is 0 Å². The average molecular weight is 313 g/mol. The van der Waals surface area contributed by atoms with E-state index in [4.69, 9.17) is 0 Å². The van der Waals surface area contributed by atoms with E-state index in [9.17, 15) is 8.42 Å². The van der Waals surface area contributed by atoms with Gasteiger partial charge in [0, 0.05) is 32.7 Å². The molecule has 1 rings (SSSR count). The molecule has 21 heavy (non-hydrogen) atoms. The molecule has 0 spiro atoms. The Balaban J connectivity index is 2.74. The maximum atomic E-state index is 12.0. The fourth-order valence-electron chi connectivity index (χ4n) is 1.79. The fourth-order valence-corrected chi connectivity index (χ4v) is 2.69. The van der Waals surface area contributed by atoms with Crippen LogP contribution < -0.4 is 5.32 Å². The molecule has 0 heterocycles. The number of hydrogen-bond donors (Lipinski definition) is 1. The summed E-state index contributed by atoms with van der Waals surface area (Å²) in [4.78, 5) is 2.48. The number of nitrogens with zero attached hydrogens (tertiary/aromatic N) is 2. The van der Waals surface area contributed by atoms with E-state index in [0.717, 1.165) is 12.1 Å². The smallest absolute Gasteiger partial charge is 0.242 e. The molecule has 0 fully saturated rings. The molecule has 0 aliphatic rings. The van der Waals surface area contributed by atoms with Gasteiger partial charge in [-0.15, -0.1) is 0 Å². The first kappa shape index (κ1) is 18.1. The third kappa shape index (κ3) is 4.78. The number of hydrogen-bond acceptors (Lipinski definition) is 4. The lowest BCUT2D eigenvalue weighted by atomic mass is 10.1. The molecule has 0 saturated carbocycles. The van der Waals surface area contributed by atoms with E-state index >= 15 is 0 Å². The van der Waals surface area contributed by atoms with Gasteiger partial charge in [0.15, 0.2) is 0 Å². The van der Waals surface area contributed by atoms with Gasteiger partial charge >= 0.3 is 0 Å². The first-order valence-corrected chi connectivity index (χ1v) is 8.52. The van der Waals surface area contributed by atoms with Crippen LogP contribution in [0.4, 0.5) is 0 Å². The molecule has 0 saturated heterocycles. The average Bonchev–Trinajstić information content (AvgIpc) is 2.44. The minimum absolute atomic E-state index is 0.184. The summed E-state index contributed by atoms with van der Waals surface area (Å²) in [5, 5.41) is 3.46.